The lowest BCUT2D eigenvalue weighted by atomic mass is 10.1. The summed E-state index contributed by atoms with van der Waals surface area (Å²) in [5.41, 5.74) is 0.613. The Morgan fingerprint density at radius 2 is 2.21 bits per heavy atom. The van der Waals surface area contributed by atoms with Gasteiger partial charge in [-0.1, -0.05) is 11.6 Å². The monoisotopic (exact) mass is 301 g/mol. The highest BCUT2D eigenvalue weighted by Gasteiger charge is 2.22. The van der Waals surface area contributed by atoms with E-state index < -0.39 is 0 Å². The van der Waals surface area contributed by atoms with Crippen LogP contribution in [-0.2, 0) is 6.54 Å². The summed E-state index contributed by atoms with van der Waals surface area (Å²) < 4.78 is 6.50. The molecule has 0 radical (unpaired) electrons. The first kappa shape index (κ1) is 14.1. The van der Waals surface area contributed by atoms with Crippen molar-refractivity contribution in [2.75, 3.05) is 20.6 Å². The van der Waals surface area contributed by atoms with Crippen molar-refractivity contribution < 1.29 is 9.21 Å². The Morgan fingerprint density at radius 3 is 2.79 bits per heavy atom. The number of ketones is 1. The molecule has 0 aliphatic carbocycles. The maximum absolute atomic E-state index is 12.4. The average Bonchev–Trinajstić information content (AvgIpc) is 2.92. The van der Waals surface area contributed by atoms with E-state index in [2.05, 4.69) is 5.10 Å². The summed E-state index contributed by atoms with van der Waals surface area (Å²) in [6, 6.07) is 1.52. The lowest BCUT2D eigenvalue weighted by Crippen LogP contribution is -2.21. The zero-order chi connectivity index (χ0) is 14.0. The summed E-state index contributed by atoms with van der Waals surface area (Å²) >= 11 is 11.8. The summed E-state index contributed by atoms with van der Waals surface area (Å²) in [4.78, 5) is 14.4. The Kier molecular flexibility index (Phi) is 4.29. The molecule has 0 amide bonds. The lowest BCUT2D eigenvalue weighted by Gasteiger charge is -2.11. The number of nitrogens with zero attached hydrogens (tertiary/aromatic N) is 3. The number of furan rings is 1. The molecule has 2 heterocycles. The molecule has 0 saturated carbocycles. The fourth-order valence-electron chi connectivity index (χ4n) is 1.64. The summed E-state index contributed by atoms with van der Waals surface area (Å²) in [5.74, 6) is -0.292. The van der Waals surface area contributed by atoms with Crippen LogP contribution in [0.2, 0.25) is 10.2 Å². The van der Waals surface area contributed by atoms with Gasteiger partial charge < -0.3 is 9.32 Å². The van der Waals surface area contributed by atoms with E-state index in [0.717, 1.165) is 6.54 Å². The minimum absolute atomic E-state index is 0.0569. The number of rotatable bonds is 5. The molecule has 2 rings (SSSR count). The van der Waals surface area contributed by atoms with Gasteiger partial charge in [-0.05, 0) is 31.8 Å². The summed E-state index contributed by atoms with van der Waals surface area (Å²) in [7, 11) is 3.89. The standard InChI is InChI=1S/C12H13Cl2N3O2/c1-16(2)4-5-17-10(9(13)7-15-17)11(18)8-3-6-19-12(8)14/h3,6-7H,4-5H2,1-2H3. The first-order chi connectivity index (χ1) is 9.00. The first-order valence-corrected chi connectivity index (χ1v) is 6.40. The molecule has 7 heteroatoms. The predicted octanol–water partition coefficient (Wildman–Crippen LogP) is 2.58. The highest BCUT2D eigenvalue weighted by molar-refractivity contribution is 6.37. The summed E-state index contributed by atoms with van der Waals surface area (Å²) in [5, 5.41) is 4.48. The molecule has 0 fully saturated rings. The average molecular weight is 302 g/mol. The largest absolute Gasteiger partial charge is 0.452 e. The highest BCUT2D eigenvalue weighted by atomic mass is 35.5. The number of hydrogen-bond acceptors (Lipinski definition) is 4. The second-order valence-electron chi connectivity index (χ2n) is 4.30. The molecule has 0 aliphatic heterocycles. The van der Waals surface area contributed by atoms with E-state index in [0.29, 0.717) is 17.3 Å². The van der Waals surface area contributed by atoms with Gasteiger partial charge in [0, 0.05) is 6.54 Å². The van der Waals surface area contributed by atoms with Crippen LogP contribution in [0.15, 0.2) is 22.9 Å². The van der Waals surface area contributed by atoms with E-state index in [1.165, 1.54) is 18.5 Å². The van der Waals surface area contributed by atoms with Gasteiger partial charge in [-0.2, -0.15) is 5.10 Å². The SMILES string of the molecule is CN(C)CCn1ncc(Cl)c1C(=O)c1ccoc1Cl. The Balaban J connectivity index is 2.31. The number of likely N-dealkylation sites (N-methyl/N-ethyl adjacent to an activating group) is 1. The van der Waals surface area contributed by atoms with Crippen molar-refractivity contribution in [3.05, 3.63) is 40.0 Å². The van der Waals surface area contributed by atoms with Crippen LogP contribution in [0.1, 0.15) is 16.1 Å². The van der Waals surface area contributed by atoms with Crippen molar-refractivity contribution in [3.63, 3.8) is 0 Å². The molecule has 0 N–H and O–H groups in total. The number of carbonyl (C=O) groups is 1. The van der Waals surface area contributed by atoms with Crippen molar-refractivity contribution in [1.82, 2.24) is 14.7 Å². The molecule has 0 aromatic carbocycles. The number of hydrogen-bond donors (Lipinski definition) is 0. The molecule has 0 bridgehead atoms. The number of halogens is 2. The minimum Gasteiger partial charge on any atom is -0.452 e. The van der Waals surface area contributed by atoms with Gasteiger partial charge >= 0.3 is 0 Å². The van der Waals surface area contributed by atoms with Gasteiger partial charge in [-0.3, -0.25) is 9.48 Å². The van der Waals surface area contributed by atoms with Crippen molar-refractivity contribution in [2.24, 2.45) is 0 Å². The van der Waals surface area contributed by atoms with Crippen LogP contribution in [0.4, 0.5) is 0 Å². The van der Waals surface area contributed by atoms with Crippen LogP contribution in [0.5, 0.6) is 0 Å². The molecule has 0 atom stereocenters. The van der Waals surface area contributed by atoms with Crippen molar-refractivity contribution in [2.45, 2.75) is 6.54 Å². The van der Waals surface area contributed by atoms with Gasteiger partial charge in [0.15, 0.2) is 0 Å². The minimum atomic E-state index is -0.292. The molecular formula is C12H13Cl2N3O2. The van der Waals surface area contributed by atoms with Gasteiger partial charge in [0.25, 0.3) is 0 Å². The highest BCUT2D eigenvalue weighted by Crippen LogP contribution is 2.24. The van der Waals surface area contributed by atoms with Crippen molar-refractivity contribution >= 4 is 29.0 Å². The van der Waals surface area contributed by atoms with Crippen LogP contribution in [0.3, 0.4) is 0 Å². The molecule has 2 aromatic rings. The Labute approximate surface area is 120 Å². The third-order valence-electron chi connectivity index (χ3n) is 2.63. The van der Waals surface area contributed by atoms with Crippen molar-refractivity contribution in [3.8, 4) is 0 Å². The summed E-state index contributed by atoms with van der Waals surface area (Å²) in [6.45, 7) is 1.31. The van der Waals surface area contributed by atoms with E-state index in [-0.39, 0.29) is 16.6 Å². The molecule has 5 nitrogen and oxygen atoms in total. The quantitative estimate of drug-likeness (QED) is 0.797. The molecular weight excluding hydrogens is 289 g/mol. The molecule has 2 aromatic heterocycles. The first-order valence-electron chi connectivity index (χ1n) is 5.64. The predicted molar refractivity (Wildman–Crippen MR) is 72.9 cm³/mol. The molecule has 0 unspecified atom stereocenters. The fourth-order valence-corrected chi connectivity index (χ4v) is 2.06. The zero-order valence-corrected chi connectivity index (χ0v) is 12.1. The van der Waals surface area contributed by atoms with Crippen molar-refractivity contribution in [1.29, 1.82) is 0 Å². The van der Waals surface area contributed by atoms with Gasteiger partial charge in [-0.25, -0.2) is 0 Å². The Morgan fingerprint density at radius 1 is 1.47 bits per heavy atom. The molecule has 0 saturated heterocycles. The topological polar surface area (TPSA) is 51.3 Å². The van der Waals surface area contributed by atoms with E-state index in [4.69, 9.17) is 27.6 Å². The summed E-state index contributed by atoms with van der Waals surface area (Å²) in [6.07, 6.45) is 2.82. The molecule has 0 spiro atoms. The second-order valence-corrected chi connectivity index (χ2v) is 5.06. The van der Waals surface area contributed by atoms with E-state index in [9.17, 15) is 4.79 Å². The van der Waals surface area contributed by atoms with Crippen LogP contribution in [0.25, 0.3) is 0 Å². The Bertz CT molecular complexity index is 590. The molecule has 19 heavy (non-hydrogen) atoms. The normalized spacial score (nSPS) is 11.2. The van der Waals surface area contributed by atoms with E-state index >= 15 is 0 Å². The second kappa shape index (κ2) is 5.77. The molecule has 102 valence electrons. The lowest BCUT2D eigenvalue weighted by molar-refractivity contribution is 0.102. The number of carbonyl (C=O) groups excluding carboxylic acids is 1. The third-order valence-corrected chi connectivity index (χ3v) is 3.20. The fraction of sp³-hybridized carbons (Fsp3) is 0.333. The van der Waals surface area contributed by atoms with Crippen LogP contribution in [-0.4, -0.2) is 41.1 Å². The van der Waals surface area contributed by atoms with Crippen LogP contribution in [0, 0.1) is 0 Å². The molecule has 0 aliphatic rings. The van der Waals surface area contributed by atoms with Crippen LogP contribution < -0.4 is 0 Å². The smallest absolute Gasteiger partial charge is 0.217 e. The maximum Gasteiger partial charge on any atom is 0.217 e. The number of aromatic nitrogens is 2. The van der Waals surface area contributed by atoms with E-state index in [1.54, 1.807) is 4.68 Å². The van der Waals surface area contributed by atoms with E-state index in [1.807, 2.05) is 19.0 Å². The zero-order valence-electron chi connectivity index (χ0n) is 10.6. The van der Waals surface area contributed by atoms with Gasteiger partial charge in [-0.15, -0.1) is 0 Å². The Hall–Kier alpha value is -1.30. The van der Waals surface area contributed by atoms with Gasteiger partial charge in [0.05, 0.1) is 29.6 Å². The van der Waals surface area contributed by atoms with Crippen LogP contribution >= 0.6 is 23.2 Å². The third kappa shape index (κ3) is 3.00. The maximum atomic E-state index is 12.4. The van der Waals surface area contributed by atoms with Gasteiger partial charge in [0.1, 0.15) is 5.69 Å². The van der Waals surface area contributed by atoms with Gasteiger partial charge in [0.2, 0.25) is 11.0 Å².